The molecule has 0 bridgehead atoms. The molecule has 0 amide bonds. The van der Waals surface area contributed by atoms with E-state index in [4.69, 9.17) is 32.7 Å². The Morgan fingerprint density at radius 1 is 1.22 bits per heavy atom. The maximum atomic E-state index is 12.6. The van der Waals surface area contributed by atoms with Crippen molar-refractivity contribution in [1.29, 1.82) is 0 Å². The fourth-order valence-electron chi connectivity index (χ4n) is 2.25. The smallest absolute Gasteiger partial charge is 0.266 e. The van der Waals surface area contributed by atoms with Gasteiger partial charge in [0.2, 0.25) is 0 Å². The number of hydrogen-bond donors (Lipinski definition) is 1. The summed E-state index contributed by atoms with van der Waals surface area (Å²) in [6.07, 6.45) is 0. The van der Waals surface area contributed by atoms with Crippen LogP contribution in [0.5, 0.6) is 11.5 Å². The molecule has 23 heavy (non-hydrogen) atoms. The summed E-state index contributed by atoms with van der Waals surface area (Å²) in [5, 5.41) is 4.21. The summed E-state index contributed by atoms with van der Waals surface area (Å²) in [7, 11) is -2.39. The molecule has 0 fully saturated rings. The zero-order valence-electron chi connectivity index (χ0n) is 12.3. The Labute approximate surface area is 143 Å². The molecule has 3 rings (SSSR count). The lowest BCUT2D eigenvalue weighted by Gasteiger charge is -2.20. The molecule has 2 aromatic rings. The van der Waals surface area contributed by atoms with Gasteiger partial charge in [0.15, 0.2) is 11.5 Å². The number of aromatic nitrogens is 2. The fraction of sp³-hybridized carbons (Fsp3) is 0.308. The van der Waals surface area contributed by atoms with Gasteiger partial charge in [-0.2, -0.15) is 5.10 Å². The van der Waals surface area contributed by atoms with E-state index in [1.165, 1.54) is 16.8 Å². The van der Waals surface area contributed by atoms with Gasteiger partial charge in [-0.25, -0.2) is 8.42 Å². The van der Waals surface area contributed by atoms with Crippen molar-refractivity contribution in [1.82, 2.24) is 9.78 Å². The zero-order valence-corrected chi connectivity index (χ0v) is 14.6. The summed E-state index contributed by atoms with van der Waals surface area (Å²) < 4.78 is 39.7. The van der Waals surface area contributed by atoms with Crippen molar-refractivity contribution in [2.24, 2.45) is 7.05 Å². The second-order valence-corrected chi connectivity index (χ2v) is 7.29. The Bertz CT molecular complexity index is 880. The molecule has 124 valence electrons. The first-order valence-electron chi connectivity index (χ1n) is 6.60. The highest BCUT2D eigenvalue weighted by Gasteiger charge is 2.27. The number of ether oxygens (including phenoxy) is 2. The number of nitrogens with zero attached hydrogens (tertiary/aromatic N) is 2. The topological polar surface area (TPSA) is 82.5 Å². The van der Waals surface area contributed by atoms with Crippen molar-refractivity contribution >= 4 is 38.9 Å². The molecule has 1 aliphatic rings. The van der Waals surface area contributed by atoms with E-state index in [9.17, 15) is 8.42 Å². The lowest BCUT2D eigenvalue weighted by atomic mass is 10.2. The molecule has 7 nitrogen and oxygen atoms in total. The van der Waals surface area contributed by atoms with Gasteiger partial charge in [-0.15, -0.1) is 0 Å². The highest BCUT2D eigenvalue weighted by Crippen LogP contribution is 2.39. The van der Waals surface area contributed by atoms with Gasteiger partial charge >= 0.3 is 0 Å². The highest BCUT2D eigenvalue weighted by atomic mass is 35.5. The minimum Gasteiger partial charge on any atom is -0.486 e. The molecule has 0 saturated carbocycles. The molecule has 0 unspecified atom stereocenters. The number of anilines is 1. The highest BCUT2D eigenvalue weighted by molar-refractivity contribution is 7.92. The Morgan fingerprint density at radius 2 is 1.83 bits per heavy atom. The van der Waals surface area contributed by atoms with Gasteiger partial charge in [0.05, 0.1) is 16.4 Å². The van der Waals surface area contributed by atoms with Crippen LogP contribution in [-0.2, 0) is 17.1 Å². The predicted octanol–water partition coefficient (Wildman–Crippen LogP) is 2.61. The van der Waals surface area contributed by atoms with Gasteiger partial charge in [-0.05, 0) is 6.92 Å². The van der Waals surface area contributed by atoms with Crippen molar-refractivity contribution in [3.05, 3.63) is 28.0 Å². The molecule has 10 heteroatoms. The molecule has 0 atom stereocenters. The maximum Gasteiger partial charge on any atom is 0.266 e. The van der Waals surface area contributed by atoms with Crippen LogP contribution < -0.4 is 14.2 Å². The van der Waals surface area contributed by atoms with E-state index in [0.29, 0.717) is 30.4 Å². The molecule has 0 spiro atoms. The van der Waals surface area contributed by atoms with Crippen LogP contribution in [0, 0.1) is 6.92 Å². The Morgan fingerprint density at radius 3 is 2.39 bits per heavy atom. The summed E-state index contributed by atoms with van der Waals surface area (Å²) in [5.41, 5.74) is 0.467. The predicted molar refractivity (Wildman–Crippen MR) is 86.2 cm³/mol. The van der Waals surface area contributed by atoms with E-state index in [0.717, 1.165) is 0 Å². The maximum absolute atomic E-state index is 12.6. The van der Waals surface area contributed by atoms with E-state index in [1.807, 2.05) is 0 Å². The summed E-state index contributed by atoms with van der Waals surface area (Å²) in [6, 6.07) is 2.99. The number of sulfonamides is 1. The monoisotopic (exact) mass is 377 g/mol. The van der Waals surface area contributed by atoms with E-state index in [1.54, 1.807) is 14.0 Å². The van der Waals surface area contributed by atoms with Gasteiger partial charge < -0.3 is 9.47 Å². The van der Waals surface area contributed by atoms with Crippen LogP contribution >= 0.6 is 23.2 Å². The van der Waals surface area contributed by atoms with Crippen LogP contribution in [0.2, 0.25) is 10.2 Å². The minimum absolute atomic E-state index is 0.0173. The average Bonchev–Trinajstić information content (AvgIpc) is 2.73. The number of fused-ring (bicyclic) bond motifs is 1. The molecular weight excluding hydrogens is 365 g/mol. The standard InChI is InChI=1S/C13H13Cl2N3O4S/c1-7-12(13(15)18(2)16-7)23(19,20)17-9-6-11-10(5-8(9)14)21-3-4-22-11/h5-6,17H,3-4H2,1-2H3. The Hall–Kier alpha value is -1.64. The van der Waals surface area contributed by atoms with Crippen LogP contribution in [0.25, 0.3) is 0 Å². The summed E-state index contributed by atoms with van der Waals surface area (Å²) in [6.45, 7) is 2.36. The first-order valence-corrected chi connectivity index (χ1v) is 8.84. The molecule has 1 aromatic carbocycles. The second-order valence-electron chi connectivity index (χ2n) is 4.91. The van der Waals surface area contributed by atoms with Crippen molar-refractivity contribution in [2.45, 2.75) is 11.8 Å². The fourth-order valence-corrected chi connectivity index (χ4v) is 4.33. The van der Waals surface area contributed by atoms with E-state index >= 15 is 0 Å². The third kappa shape index (κ3) is 2.93. The largest absolute Gasteiger partial charge is 0.486 e. The molecule has 2 heterocycles. The average molecular weight is 378 g/mol. The van der Waals surface area contributed by atoms with E-state index < -0.39 is 10.0 Å². The lowest BCUT2D eigenvalue weighted by Crippen LogP contribution is -2.17. The number of nitrogens with one attached hydrogen (secondary N) is 1. The zero-order chi connectivity index (χ0) is 16.8. The molecule has 0 saturated heterocycles. The normalized spacial score (nSPS) is 13.9. The van der Waals surface area contributed by atoms with Gasteiger partial charge in [0.1, 0.15) is 23.3 Å². The van der Waals surface area contributed by atoms with Gasteiger partial charge in [-0.3, -0.25) is 9.40 Å². The third-order valence-electron chi connectivity index (χ3n) is 3.25. The van der Waals surface area contributed by atoms with Crippen LogP contribution in [0.1, 0.15) is 5.69 Å². The molecule has 1 aromatic heterocycles. The SMILES string of the molecule is Cc1nn(C)c(Cl)c1S(=O)(=O)Nc1cc2c(cc1Cl)OCCO2. The van der Waals surface area contributed by atoms with Crippen LogP contribution in [0.15, 0.2) is 17.0 Å². The number of benzene rings is 1. The number of halogens is 2. The summed E-state index contributed by atoms with van der Waals surface area (Å²) in [5.74, 6) is 0.896. The molecule has 1 N–H and O–H groups in total. The molecular formula is C13H13Cl2N3O4S. The van der Waals surface area contributed by atoms with Crippen molar-refractivity contribution in [3.63, 3.8) is 0 Å². The Balaban J connectivity index is 2.01. The number of hydrogen-bond acceptors (Lipinski definition) is 5. The number of rotatable bonds is 3. The quantitative estimate of drug-likeness (QED) is 0.888. The second kappa shape index (κ2) is 5.77. The summed E-state index contributed by atoms with van der Waals surface area (Å²) in [4.78, 5) is -0.0902. The third-order valence-corrected chi connectivity index (χ3v) is 5.62. The van der Waals surface area contributed by atoms with Crippen molar-refractivity contribution < 1.29 is 17.9 Å². The van der Waals surface area contributed by atoms with Crippen molar-refractivity contribution in [2.75, 3.05) is 17.9 Å². The van der Waals surface area contributed by atoms with Crippen molar-refractivity contribution in [3.8, 4) is 11.5 Å². The first kappa shape index (κ1) is 16.2. The first-order chi connectivity index (χ1) is 10.8. The van der Waals surface area contributed by atoms with E-state index in [2.05, 4.69) is 9.82 Å². The number of aryl methyl sites for hydroxylation is 2. The summed E-state index contributed by atoms with van der Waals surface area (Å²) >= 11 is 12.1. The van der Waals surface area contributed by atoms with Crippen LogP contribution in [0.4, 0.5) is 5.69 Å². The van der Waals surface area contributed by atoms with Gasteiger partial charge in [0, 0.05) is 19.2 Å². The van der Waals surface area contributed by atoms with Gasteiger partial charge in [-0.1, -0.05) is 23.2 Å². The molecule has 0 radical (unpaired) electrons. The molecule has 1 aliphatic heterocycles. The van der Waals surface area contributed by atoms with Crippen LogP contribution in [-0.4, -0.2) is 31.4 Å². The van der Waals surface area contributed by atoms with E-state index in [-0.39, 0.29) is 20.8 Å². The lowest BCUT2D eigenvalue weighted by molar-refractivity contribution is 0.171. The minimum atomic E-state index is -3.95. The van der Waals surface area contributed by atoms with Crippen LogP contribution in [0.3, 0.4) is 0 Å². The Kier molecular flexibility index (Phi) is 4.07. The molecule has 0 aliphatic carbocycles. The van der Waals surface area contributed by atoms with Gasteiger partial charge in [0.25, 0.3) is 10.0 Å².